The molecular formula is C20H27N5O4S. The molecule has 2 aliphatic rings. The molecule has 0 spiro atoms. The van der Waals surface area contributed by atoms with Crippen LogP contribution in [0.15, 0.2) is 6.07 Å². The van der Waals surface area contributed by atoms with Gasteiger partial charge in [0, 0.05) is 37.0 Å². The molecule has 1 saturated heterocycles. The summed E-state index contributed by atoms with van der Waals surface area (Å²) in [6.07, 6.45) is 2.50. The molecule has 9 nitrogen and oxygen atoms in total. The van der Waals surface area contributed by atoms with E-state index in [1.54, 1.807) is 11.3 Å². The third-order valence-corrected chi connectivity index (χ3v) is 7.00. The van der Waals surface area contributed by atoms with Crippen LogP contribution >= 0.6 is 11.3 Å². The van der Waals surface area contributed by atoms with Crippen molar-refractivity contribution in [3.8, 4) is 0 Å². The number of rotatable bonds is 6. The second kappa shape index (κ2) is 8.83. The molecule has 3 N–H and O–H groups in total. The lowest BCUT2D eigenvalue weighted by atomic mass is 9.84. The Labute approximate surface area is 178 Å². The van der Waals surface area contributed by atoms with Crippen molar-refractivity contribution in [3.63, 3.8) is 0 Å². The average molecular weight is 434 g/mol. The van der Waals surface area contributed by atoms with Crippen LogP contribution in [0.25, 0.3) is 10.2 Å². The Morgan fingerprint density at radius 3 is 2.60 bits per heavy atom. The molecule has 4 rings (SSSR count). The molecule has 2 fully saturated rings. The third-order valence-electron chi connectivity index (χ3n) is 5.83. The lowest BCUT2D eigenvalue weighted by Gasteiger charge is -2.38. The van der Waals surface area contributed by atoms with Gasteiger partial charge in [0.2, 0.25) is 11.9 Å². The zero-order chi connectivity index (χ0) is 21.3. The second-order valence-corrected chi connectivity index (χ2v) is 8.90. The SMILES string of the molecule is CCc1cc2c(N3CCN(C(=O)C4CCC4)CC3)nc(NC(=O)[C@@H](O)CO)nc2s1. The molecule has 162 valence electrons. The number of anilines is 2. The van der Waals surface area contributed by atoms with E-state index in [2.05, 4.69) is 33.2 Å². The van der Waals surface area contributed by atoms with E-state index in [-0.39, 0.29) is 17.8 Å². The van der Waals surface area contributed by atoms with Gasteiger partial charge in [-0.2, -0.15) is 4.98 Å². The standard InChI is InChI=1S/C20H27N5O4S/c1-2-13-10-14-16(21-20(23-18(14)30-13)22-17(28)15(27)11-26)24-6-8-25(9-7-24)19(29)12-4-3-5-12/h10,12,15,26-27H,2-9,11H2,1H3,(H,21,22,23,28)/t15-/m0/s1. The normalized spacial score (nSPS) is 18.4. The molecule has 2 amide bonds. The topological polar surface area (TPSA) is 119 Å². The minimum Gasteiger partial charge on any atom is -0.393 e. The molecule has 1 aliphatic heterocycles. The molecule has 2 aromatic rings. The first-order chi connectivity index (χ1) is 14.5. The fourth-order valence-electron chi connectivity index (χ4n) is 3.76. The summed E-state index contributed by atoms with van der Waals surface area (Å²) in [7, 11) is 0. The molecular weight excluding hydrogens is 406 g/mol. The fraction of sp³-hybridized carbons (Fsp3) is 0.600. The zero-order valence-electron chi connectivity index (χ0n) is 17.0. The number of aromatic nitrogens is 2. The van der Waals surface area contributed by atoms with E-state index in [0.29, 0.717) is 26.2 Å². The maximum Gasteiger partial charge on any atom is 0.257 e. The zero-order valence-corrected chi connectivity index (χ0v) is 17.8. The molecule has 30 heavy (non-hydrogen) atoms. The summed E-state index contributed by atoms with van der Waals surface area (Å²) in [5, 5.41) is 22.0. The van der Waals surface area contributed by atoms with E-state index >= 15 is 0 Å². The summed E-state index contributed by atoms with van der Waals surface area (Å²) < 4.78 is 0. The van der Waals surface area contributed by atoms with Gasteiger partial charge in [-0.25, -0.2) is 4.98 Å². The summed E-state index contributed by atoms with van der Waals surface area (Å²) in [6.45, 7) is 4.02. The summed E-state index contributed by atoms with van der Waals surface area (Å²) in [4.78, 5) is 39.5. The maximum atomic E-state index is 12.5. The second-order valence-electron chi connectivity index (χ2n) is 7.78. The number of fused-ring (bicyclic) bond motifs is 1. The molecule has 1 atom stereocenters. The smallest absolute Gasteiger partial charge is 0.257 e. The Morgan fingerprint density at radius 1 is 1.27 bits per heavy atom. The number of aryl methyl sites for hydroxylation is 1. The van der Waals surface area contributed by atoms with Crippen LogP contribution in [-0.4, -0.2) is 75.8 Å². The van der Waals surface area contributed by atoms with Gasteiger partial charge < -0.3 is 20.0 Å². The Kier molecular flexibility index (Phi) is 6.16. The molecule has 0 unspecified atom stereocenters. The van der Waals surface area contributed by atoms with Crippen molar-refractivity contribution in [2.75, 3.05) is 43.0 Å². The van der Waals surface area contributed by atoms with Crippen LogP contribution in [0.3, 0.4) is 0 Å². The highest BCUT2D eigenvalue weighted by molar-refractivity contribution is 7.18. The van der Waals surface area contributed by atoms with Gasteiger partial charge in [-0.15, -0.1) is 11.3 Å². The number of hydrogen-bond donors (Lipinski definition) is 3. The van der Waals surface area contributed by atoms with Gasteiger partial charge in [0.05, 0.1) is 12.0 Å². The van der Waals surface area contributed by atoms with Crippen LogP contribution < -0.4 is 10.2 Å². The number of thiophene rings is 1. The van der Waals surface area contributed by atoms with Gasteiger partial charge >= 0.3 is 0 Å². The van der Waals surface area contributed by atoms with Crippen molar-refractivity contribution < 1.29 is 19.8 Å². The first kappa shape index (κ1) is 21.0. The summed E-state index contributed by atoms with van der Waals surface area (Å²) in [5.74, 6) is 0.550. The lowest BCUT2D eigenvalue weighted by molar-refractivity contribution is -0.138. The van der Waals surface area contributed by atoms with Crippen molar-refractivity contribution in [2.24, 2.45) is 5.92 Å². The number of hydrogen-bond acceptors (Lipinski definition) is 8. The van der Waals surface area contributed by atoms with Crippen LogP contribution in [0.5, 0.6) is 0 Å². The number of aliphatic hydroxyl groups excluding tert-OH is 2. The maximum absolute atomic E-state index is 12.5. The third kappa shape index (κ3) is 4.12. The van der Waals surface area contributed by atoms with Crippen molar-refractivity contribution in [1.29, 1.82) is 0 Å². The Morgan fingerprint density at radius 2 is 2.00 bits per heavy atom. The number of nitrogens with one attached hydrogen (secondary N) is 1. The summed E-state index contributed by atoms with van der Waals surface area (Å²) >= 11 is 1.55. The van der Waals surface area contributed by atoms with Crippen LogP contribution in [-0.2, 0) is 16.0 Å². The number of carbonyl (C=O) groups is 2. The van der Waals surface area contributed by atoms with Crippen molar-refractivity contribution in [2.45, 2.75) is 38.7 Å². The van der Waals surface area contributed by atoms with Gasteiger partial charge in [0.15, 0.2) is 6.10 Å². The van der Waals surface area contributed by atoms with E-state index in [1.165, 1.54) is 4.88 Å². The number of carbonyl (C=O) groups excluding carboxylic acids is 2. The average Bonchev–Trinajstić information content (AvgIpc) is 3.14. The summed E-state index contributed by atoms with van der Waals surface area (Å²) in [5.41, 5.74) is 0. The molecule has 1 saturated carbocycles. The van der Waals surface area contributed by atoms with Crippen LogP contribution in [0, 0.1) is 5.92 Å². The van der Waals surface area contributed by atoms with Crippen molar-refractivity contribution >= 4 is 45.1 Å². The predicted octanol–water partition coefficient (Wildman–Crippen LogP) is 0.994. The highest BCUT2D eigenvalue weighted by Gasteiger charge is 2.32. The van der Waals surface area contributed by atoms with Gasteiger partial charge in [-0.1, -0.05) is 13.3 Å². The first-order valence-corrected chi connectivity index (χ1v) is 11.3. The number of amides is 2. The molecule has 2 aromatic heterocycles. The molecule has 0 bridgehead atoms. The molecule has 0 aromatic carbocycles. The lowest BCUT2D eigenvalue weighted by Crippen LogP contribution is -2.51. The Hall–Kier alpha value is -2.30. The van der Waals surface area contributed by atoms with E-state index in [1.807, 2.05) is 4.90 Å². The van der Waals surface area contributed by atoms with Crippen LogP contribution in [0.1, 0.15) is 31.1 Å². The van der Waals surface area contributed by atoms with Gasteiger partial charge in [0.1, 0.15) is 10.6 Å². The molecule has 3 heterocycles. The number of piperazine rings is 1. The van der Waals surface area contributed by atoms with E-state index < -0.39 is 18.6 Å². The molecule has 0 radical (unpaired) electrons. The highest BCUT2D eigenvalue weighted by Crippen LogP contribution is 2.33. The largest absolute Gasteiger partial charge is 0.393 e. The summed E-state index contributed by atoms with van der Waals surface area (Å²) in [6, 6.07) is 2.08. The quantitative estimate of drug-likeness (QED) is 0.622. The van der Waals surface area contributed by atoms with Crippen molar-refractivity contribution in [1.82, 2.24) is 14.9 Å². The van der Waals surface area contributed by atoms with E-state index in [9.17, 15) is 14.7 Å². The van der Waals surface area contributed by atoms with Gasteiger partial charge in [0.25, 0.3) is 5.91 Å². The molecule has 1 aliphatic carbocycles. The van der Waals surface area contributed by atoms with Crippen molar-refractivity contribution in [3.05, 3.63) is 10.9 Å². The predicted molar refractivity (Wildman–Crippen MR) is 115 cm³/mol. The first-order valence-electron chi connectivity index (χ1n) is 10.4. The van der Waals surface area contributed by atoms with E-state index in [0.717, 1.165) is 41.7 Å². The Balaban J connectivity index is 1.56. The fourth-order valence-corrected chi connectivity index (χ4v) is 4.72. The van der Waals surface area contributed by atoms with Crippen LogP contribution in [0.4, 0.5) is 11.8 Å². The minimum atomic E-state index is -1.52. The van der Waals surface area contributed by atoms with Gasteiger partial charge in [-0.05, 0) is 25.3 Å². The number of nitrogens with zero attached hydrogens (tertiary/aromatic N) is 4. The van der Waals surface area contributed by atoms with E-state index in [4.69, 9.17) is 5.11 Å². The Bertz CT molecular complexity index is 937. The minimum absolute atomic E-state index is 0.104. The highest BCUT2D eigenvalue weighted by atomic mass is 32.1. The number of aliphatic hydroxyl groups is 2. The van der Waals surface area contributed by atoms with Crippen LogP contribution in [0.2, 0.25) is 0 Å². The monoisotopic (exact) mass is 433 g/mol. The molecule has 10 heteroatoms. The van der Waals surface area contributed by atoms with Gasteiger partial charge in [-0.3, -0.25) is 14.9 Å².